The normalized spacial score (nSPS) is 11.4. The third kappa shape index (κ3) is 7.96. The van der Waals surface area contributed by atoms with Crippen molar-refractivity contribution in [3.05, 3.63) is 59.1 Å². The molecule has 1 heterocycles. The number of carbonyl (C=O) groups excluding carboxylic acids is 3. The van der Waals surface area contributed by atoms with Crippen LogP contribution in [0.4, 0.5) is 10.8 Å². The van der Waals surface area contributed by atoms with Gasteiger partial charge in [-0.15, -0.1) is 23.1 Å². The van der Waals surface area contributed by atoms with Crippen molar-refractivity contribution in [2.24, 2.45) is 0 Å². The molecule has 0 aliphatic carbocycles. The number of thiazole rings is 1. The van der Waals surface area contributed by atoms with Crippen LogP contribution in [-0.4, -0.2) is 48.8 Å². The fourth-order valence-electron chi connectivity index (χ4n) is 3.31. The SMILES string of the molecule is CCOC(=O)Cc1csc(NC(=O)C(CC)Sc2cccc(NC(=O)c3ccc(OC)c(OC)c3)c2)n1. The Hall–Kier alpha value is -3.57. The van der Waals surface area contributed by atoms with Crippen molar-refractivity contribution in [1.29, 1.82) is 0 Å². The molecule has 0 bridgehead atoms. The Kier molecular flexibility index (Phi) is 10.3. The van der Waals surface area contributed by atoms with Gasteiger partial charge in [-0.2, -0.15) is 0 Å². The molecular weight excluding hydrogens is 514 g/mol. The molecule has 0 saturated carbocycles. The number of rotatable bonds is 12. The van der Waals surface area contributed by atoms with Crippen molar-refractivity contribution in [3.8, 4) is 11.5 Å². The summed E-state index contributed by atoms with van der Waals surface area (Å²) in [4.78, 5) is 42.5. The van der Waals surface area contributed by atoms with Crippen molar-refractivity contribution in [1.82, 2.24) is 4.98 Å². The van der Waals surface area contributed by atoms with E-state index in [0.717, 1.165) is 4.90 Å². The summed E-state index contributed by atoms with van der Waals surface area (Å²) in [5, 5.41) is 7.49. The summed E-state index contributed by atoms with van der Waals surface area (Å²) >= 11 is 2.65. The number of hydrogen-bond acceptors (Lipinski definition) is 9. The number of hydrogen-bond donors (Lipinski definition) is 2. The van der Waals surface area contributed by atoms with E-state index in [1.54, 1.807) is 36.6 Å². The third-order valence-corrected chi connectivity index (χ3v) is 7.26. The average molecular weight is 544 g/mol. The van der Waals surface area contributed by atoms with Crippen molar-refractivity contribution >= 4 is 51.7 Å². The first kappa shape index (κ1) is 28.0. The van der Waals surface area contributed by atoms with Crippen molar-refractivity contribution in [2.75, 3.05) is 31.5 Å². The van der Waals surface area contributed by atoms with Gasteiger partial charge in [0, 0.05) is 21.5 Å². The van der Waals surface area contributed by atoms with E-state index >= 15 is 0 Å². The van der Waals surface area contributed by atoms with Gasteiger partial charge in [-0.1, -0.05) is 13.0 Å². The van der Waals surface area contributed by atoms with E-state index < -0.39 is 0 Å². The van der Waals surface area contributed by atoms with Crippen LogP contribution in [0.25, 0.3) is 0 Å². The van der Waals surface area contributed by atoms with Gasteiger partial charge in [-0.25, -0.2) is 4.98 Å². The lowest BCUT2D eigenvalue weighted by atomic mass is 10.2. The first-order valence-corrected chi connectivity index (χ1v) is 13.3. The third-order valence-electron chi connectivity index (χ3n) is 5.09. The van der Waals surface area contributed by atoms with Crippen LogP contribution in [0.3, 0.4) is 0 Å². The molecule has 196 valence electrons. The Morgan fingerprint density at radius 2 is 1.81 bits per heavy atom. The molecule has 11 heteroatoms. The van der Waals surface area contributed by atoms with Crippen molar-refractivity contribution < 1.29 is 28.6 Å². The van der Waals surface area contributed by atoms with Crippen LogP contribution in [0.2, 0.25) is 0 Å². The minimum absolute atomic E-state index is 0.0635. The van der Waals surface area contributed by atoms with Crippen LogP contribution in [0.1, 0.15) is 36.3 Å². The maximum Gasteiger partial charge on any atom is 0.311 e. The van der Waals surface area contributed by atoms with Gasteiger partial charge in [0.1, 0.15) is 0 Å². The number of amides is 2. The standard InChI is InChI=1S/C26H29N3O6S2/c1-5-22(25(32)29-26-28-18(15-36-26)14-23(30)35-6-2)37-19-9-7-8-17(13-19)27-24(31)16-10-11-20(33-3)21(12-16)34-4/h7-13,15,22H,5-6,14H2,1-4H3,(H,27,31)(H,28,29,32). The zero-order valence-corrected chi connectivity index (χ0v) is 22.7. The molecule has 37 heavy (non-hydrogen) atoms. The second-order valence-electron chi connectivity index (χ2n) is 7.68. The number of carbonyl (C=O) groups is 3. The molecule has 1 aromatic heterocycles. The number of esters is 1. The quantitative estimate of drug-likeness (QED) is 0.241. The number of methoxy groups -OCH3 is 2. The van der Waals surface area contributed by atoms with Crippen LogP contribution in [0.15, 0.2) is 52.7 Å². The summed E-state index contributed by atoms with van der Waals surface area (Å²) < 4.78 is 15.4. The Labute approximate surface area is 223 Å². The Balaban J connectivity index is 1.62. The van der Waals surface area contributed by atoms with Crippen LogP contribution < -0.4 is 20.1 Å². The second-order valence-corrected chi connectivity index (χ2v) is 9.82. The molecular formula is C26H29N3O6S2. The fraction of sp³-hybridized carbons (Fsp3) is 0.308. The highest BCUT2D eigenvalue weighted by atomic mass is 32.2. The Morgan fingerprint density at radius 1 is 1.03 bits per heavy atom. The summed E-state index contributed by atoms with van der Waals surface area (Å²) in [6.45, 7) is 3.98. The van der Waals surface area contributed by atoms with Gasteiger partial charge in [0.25, 0.3) is 5.91 Å². The van der Waals surface area contributed by atoms with E-state index in [4.69, 9.17) is 14.2 Å². The van der Waals surface area contributed by atoms with Crippen LogP contribution in [-0.2, 0) is 20.7 Å². The maximum absolute atomic E-state index is 12.9. The molecule has 2 aromatic carbocycles. The summed E-state index contributed by atoms with van der Waals surface area (Å²) in [6, 6.07) is 12.2. The minimum Gasteiger partial charge on any atom is -0.493 e. The van der Waals surface area contributed by atoms with E-state index in [1.165, 1.54) is 37.3 Å². The lowest BCUT2D eigenvalue weighted by Crippen LogP contribution is -2.24. The number of nitrogens with one attached hydrogen (secondary N) is 2. The molecule has 0 fully saturated rings. The highest BCUT2D eigenvalue weighted by Crippen LogP contribution is 2.30. The fourth-order valence-corrected chi connectivity index (χ4v) is 5.03. The molecule has 2 amide bonds. The van der Waals surface area contributed by atoms with Crippen LogP contribution in [0, 0.1) is 0 Å². The summed E-state index contributed by atoms with van der Waals surface area (Å²) in [6.07, 6.45) is 0.647. The molecule has 1 unspecified atom stereocenters. The number of nitrogens with zero attached hydrogens (tertiary/aromatic N) is 1. The monoisotopic (exact) mass is 543 g/mol. The van der Waals surface area contributed by atoms with Gasteiger partial charge in [-0.3, -0.25) is 14.4 Å². The van der Waals surface area contributed by atoms with E-state index in [0.29, 0.717) is 46.6 Å². The molecule has 9 nitrogen and oxygen atoms in total. The predicted octanol–water partition coefficient (Wildman–Crippen LogP) is 5.03. The first-order valence-electron chi connectivity index (χ1n) is 11.6. The zero-order chi connectivity index (χ0) is 26.8. The second kappa shape index (κ2) is 13.7. The van der Waals surface area contributed by atoms with Gasteiger partial charge >= 0.3 is 5.97 Å². The average Bonchev–Trinajstić information content (AvgIpc) is 3.33. The molecule has 0 aliphatic rings. The smallest absolute Gasteiger partial charge is 0.311 e. The predicted molar refractivity (Wildman–Crippen MR) is 145 cm³/mol. The van der Waals surface area contributed by atoms with E-state index in [9.17, 15) is 14.4 Å². The number of aromatic nitrogens is 1. The molecule has 1 atom stereocenters. The Bertz CT molecular complexity index is 1250. The number of thioether (sulfide) groups is 1. The molecule has 0 radical (unpaired) electrons. The molecule has 3 rings (SSSR count). The van der Waals surface area contributed by atoms with Crippen molar-refractivity contribution in [2.45, 2.75) is 36.8 Å². The minimum atomic E-state index is -0.380. The molecule has 2 N–H and O–H groups in total. The molecule has 0 saturated heterocycles. The highest BCUT2D eigenvalue weighted by Gasteiger charge is 2.20. The summed E-state index contributed by atoms with van der Waals surface area (Å²) in [5.74, 6) is 0.157. The molecule has 0 aliphatic heterocycles. The summed E-state index contributed by atoms with van der Waals surface area (Å²) in [7, 11) is 3.04. The van der Waals surface area contributed by atoms with Gasteiger partial charge in [0.2, 0.25) is 5.91 Å². The summed E-state index contributed by atoms with van der Waals surface area (Å²) in [5.41, 5.74) is 1.58. The van der Waals surface area contributed by atoms with E-state index in [-0.39, 0.29) is 29.5 Å². The van der Waals surface area contributed by atoms with Crippen molar-refractivity contribution in [3.63, 3.8) is 0 Å². The lowest BCUT2D eigenvalue weighted by Gasteiger charge is -2.14. The lowest BCUT2D eigenvalue weighted by molar-refractivity contribution is -0.142. The number of benzene rings is 2. The van der Waals surface area contributed by atoms with Crippen LogP contribution in [0.5, 0.6) is 11.5 Å². The molecule has 0 spiro atoms. The first-order chi connectivity index (χ1) is 17.9. The van der Waals surface area contributed by atoms with Gasteiger partial charge in [-0.05, 0) is 49.7 Å². The zero-order valence-electron chi connectivity index (χ0n) is 21.0. The molecule has 3 aromatic rings. The Morgan fingerprint density at radius 3 is 2.51 bits per heavy atom. The maximum atomic E-state index is 12.9. The van der Waals surface area contributed by atoms with Gasteiger partial charge in [0.05, 0.1) is 38.2 Å². The topological polar surface area (TPSA) is 116 Å². The highest BCUT2D eigenvalue weighted by molar-refractivity contribution is 8.00. The number of ether oxygens (including phenoxy) is 3. The van der Waals surface area contributed by atoms with Gasteiger partial charge < -0.3 is 24.8 Å². The van der Waals surface area contributed by atoms with Gasteiger partial charge in [0.15, 0.2) is 16.6 Å². The van der Waals surface area contributed by atoms with E-state index in [1.807, 2.05) is 25.1 Å². The largest absolute Gasteiger partial charge is 0.493 e. The van der Waals surface area contributed by atoms with E-state index in [2.05, 4.69) is 15.6 Å². The van der Waals surface area contributed by atoms with Crippen LogP contribution >= 0.6 is 23.1 Å². The number of anilines is 2.